The van der Waals surface area contributed by atoms with Gasteiger partial charge in [0.25, 0.3) is 0 Å². The SMILES string of the molecule is COC(=O)c1scc(NCC2CCC(N)CC2)c1C(=O)OC. The first-order chi connectivity index (χ1) is 10.6. The van der Waals surface area contributed by atoms with E-state index in [0.29, 0.717) is 17.6 Å². The first-order valence-corrected chi connectivity index (χ1v) is 8.22. The molecule has 0 unspecified atom stereocenters. The Hall–Kier alpha value is -1.60. The molecular weight excluding hydrogens is 304 g/mol. The van der Waals surface area contributed by atoms with Crippen LogP contribution < -0.4 is 11.1 Å². The molecule has 7 heteroatoms. The van der Waals surface area contributed by atoms with Gasteiger partial charge in [-0.3, -0.25) is 0 Å². The highest BCUT2D eigenvalue weighted by atomic mass is 32.1. The molecular formula is C15H22N2O4S. The fourth-order valence-electron chi connectivity index (χ4n) is 2.68. The Morgan fingerprint density at radius 2 is 1.86 bits per heavy atom. The van der Waals surface area contributed by atoms with Crippen LogP contribution in [-0.2, 0) is 9.47 Å². The molecule has 1 saturated carbocycles. The molecule has 1 aliphatic rings. The van der Waals surface area contributed by atoms with Gasteiger partial charge in [0.1, 0.15) is 10.4 Å². The molecule has 1 aliphatic carbocycles. The second-order valence-electron chi connectivity index (χ2n) is 5.50. The summed E-state index contributed by atoms with van der Waals surface area (Å²) in [5.74, 6) is -0.524. The van der Waals surface area contributed by atoms with Crippen LogP contribution in [0.1, 0.15) is 45.7 Å². The van der Waals surface area contributed by atoms with E-state index >= 15 is 0 Å². The van der Waals surface area contributed by atoms with Gasteiger partial charge in [0.15, 0.2) is 0 Å². The molecule has 0 radical (unpaired) electrons. The number of anilines is 1. The number of thiophene rings is 1. The Bertz CT molecular complexity index is 536. The zero-order chi connectivity index (χ0) is 16.1. The number of carbonyl (C=O) groups excluding carboxylic acids is 2. The van der Waals surface area contributed by atoms with Crippen molar-refractivity contribution >= 4 is 29.0 Å². The molecule has 22 heavy (non-hydrogen) atoms. The van der Waals surface area contributed by atoms with Gasteiger partial charge in [-0.15, -0.1) is 11.3 Å². The Balaban J connectivity index is 2.08. The minimum Gasteiger partial charge on any atom is -0.465 e. The van der Waals surface area contributed by atoms with E-state index in [1.807, 2.05) is 0 Å². The van der Waals surface area contributed by atoms with E-state index in [0.717, 1.165) is 32.2 Å². The summed E-state index contributed by atoms with van der Waals surface area (Å²) >= 11 is 1.18. The number of hydrogen-bond donors (Lipinski definition) is 2. The summed E-state index contributed by atoms with van der Waals surface area (Å²) in [5.41, 5.74) is 6.79. The van der Waals surface area contributed by atoms with Gasteiger partial charge in [-0.05, 0) is 31.6 Å². The lowest BCUT2D eigenvalue weighted by atomic mass is 9.86. The molecule has 1 aromatic heterocycles. The predicted octanol–water partition coefficient (Wildman–Crippen LogP) is 2.25. The van der Waals surface area contributed by atoms with E-state index < -0.39 is 11.9 Å². The summed E-state index contributed by atoms with van der Waals surface area (Å²) in [6.45, 7) is 0.758. The summed E-state index contributed by atoms with van der Waals surface area (Å²) in [5, 5.41) is 5.03. The minimum absolute atomic E-state index is 0.256. The fraction of sp³-hybridized carbons (Fsp3) is 0.600. The topological polar surface area (TPSA) is 90.6 Å². The molecule has 3 N–H and O–H groups in total. The van der Waals surface area contributed by atoms with Crippen LogP contribution in [0.3, 0.4) is 0 Å². The highest BCUT2D eigenvalue weighted by Gasteiger charge is 2.26. The van der Waals surface area contributed by atoms with Gasteiger partial charge in [0.05, 0.1) is 19.9 Å². The summed E-state index contributed by atoms with van der Waals surface area (Å²) in [6, 6.07) is 0.314. The highest BCUT2D eigenvalue weighted by molar-refractivity contribution is 7.13. The van der Waals surface area contributed by atoms with Crippen molar-refractivity contribution < 1.29 is 19.1 Å². The van der Waals surface area contributed by atoms with E-state index in [9.17, 15) is 9.59 Å². The molecule has 0 atom stereocenters. The average Bonchev–Trinajstić information content (AvgIpc) is 2.96. The Kier molecular flexibility index (Phi) is 5.79. The number of esters is 2. The van der Waals surface area contributed by atoms with Crippen molar-refractivity contribution in [3.8, 4) is 0 Å². The summed E-state index contributed by atoms with van der Waals surface area (Å²) in [7, 11) is 2.59. The van der Waals surface area contributed by atoms with Crippen LogP contribution in [0.4, 0.5) is 5.69 Å². The molecule has 6 nitrogen and oxygen atoms in total. The molecule has 2 rings (SSSR count). The summed E-state index contributed by atoms with van der Waals surface area (Å²) in [4.78, 5) is 24.0. The Labute approximate surface area is 134 Å². The zero-order valence-corrected chi connectivity index (χ0v) is 13.7. The van der Waals surface area contributed by atoms with Gasteiger partial charge < -0.3 is 20.5 Å². The molecule has 0 saturated heterocycles. The monoisotopic (exact) mass is 326 g/mol. The number of ether oxygens (including phenoxy) is 2. The van der Waals surface area contributed by atoms with Crippen LogP contribution in [0.25, 0.3) is 0 Å². The molecule has 0 amide bonds. The van der Waals surface area contributed by atoms with Crippen LogP contribution in [0.2, 0.25) is 0 Å². The van der Waals surface area contributed by atoms with Crippen LogP contribution in [0.15, 0.2) is 5.38 Å². The fourth-order valence-corrected chi connectivity index (χ4v) is 3.61. The maximum atomic E-state index is 12.0. The van der Waals surface area contributed by atoms with Gasteiger partial charge in [-0.1, -0.05) is 0 Å². The zero-order valence-electron chi connectivity index (χ0n) is 12.9. The van der Waals surface area contributed by atoms with Crippen molar-refractivity contribution in [1.82, 2.24) is 0 Å². The lowest BCUT2D eigenvalue weighted by Crippen LogP contribution is -2.29. The van der Waals surface area contributed by atoms with E-state index in [1.54, 1.807) is 5.38 Å². The molecule has 1 heterocycles. The number of rotatable bonds is 5. The number of methoxy groups -OCH3 is 2. The van der Waals surface area contributed by atoms with E-state index in [2.05, 4.69) is 5.32 Å². The number of nitrogens with two attached hydrogens (primary N) is 1. The standard InChI is InChI=1S/C15H22N2O4S/c1-20-14(18)12-11(8-22-13(12)15(19)21-2)17-7-9-3-5-10(16)6-4-9/h8-10,17H,3-7,16H2,1-2H3. The van der Waals surface area contributed by atoms with Gasteiger partial charge >= 0.3 is 11.9 Å². The lowest BCUT2D eigenvalue weighted by Gasteiger charge is -2.26. The third-order valence-electron chi connectivity index (χ3n) is 4.02. The lowest BCUT2D eigenvalue weighted by molar-refractivity contribution is 0.0561. The second kappa shape index (κ2) is 7.60. The van der Waals surface area contributed by atoms with Gasteiger partial charge in [0.2, 0.25) is 0 Å². The third-order valence-corrected chi connectivity index (χ3v) is 4.98. The largest absolute Gasteiger partial charge is 0.465 e. The number of carbonyl (C=O) groups is 2. The van der Waals surface area contributed by atoms with E-state index in [-0.39, 0.29) is 10.4 Å². The van der Waals surface area contributed by atoms with Crippen molar-refractivity contribution in [2.75, 3.05) is 26.1 Å². The van der Waals surface area contributed by atoms with Crippen LogP contribution in [0, 0.1) is 5.92 Å². The second-order valence-corrected chi connectivity index (χ2v) is 6.38. The maximum absolute atomic E-state index is 12.0. The van der Waals surface area contributed by atoms with Crippen molar-refractivity contribution in [1.29, 1.82) is 0 Å². The Morgan fingerprint density at radius 3 is 2.45 bits per heavy atom. The molecule has 0 aliphatic heterocycles. The van der Waals surface area contributed by atoms with Crippen molar-refractivity contribution in [2.45, 2.75) is 31.7 Å². The van der Waals surface area contributed by atoms with Crippen LogP contribution in [0.5, 0.6) is 0 Å². The van der Waals surface area contributed by atoms with Crippen LogP contribution in [-0.4, -0.2) is 38.7 Å². The highest BCUT2D eigenvalue weighted by Crippen LogP contribution is 2.30. The van der Waals surface area contributed by atoms with Crippen molar-refractivity contribution in [3.63, 3.8) is 0 Å². The molecule has 1 fully saturated rings. The first-order valence-electron chi connectivity index (χ1n) is 7.34. The van der Waals surface area contributed by atoms with Crippen molar-refractivity contribution in [3.05, 3.63) is 15.8 Å². The van der Waals surface area contributed by atoms with Crippen LogP contribution >= 0.6 is 11.3 Å². The smallest absolute Gasteiger partial charge is 0.349 e. The summed E-state index contributed by atoms with van der Waals surface area (Å²) < 4.78 is 9.49. The van der Waals surface area contributed by atoms with Gasteiger partial charge in [-0.25, -0.2) is 9.59 Å². The average molecular weight is 326 g/mol. The quantitative estimate of drug-likeness (QED) is 0.807. The minimum atomic E-state index is -0.533. The predicted molar refractivity (Wildman–Crippen MR) is 85.4 cm³/mol. The molecule has 0 bridgehead atoms. The third kappa shape index (κ3) is 3.78. The van der Waals surface area contributed by atoms with Crippen molar-refractivity contribution in [2.24, 2.45) is 11.7 Å². The number of nitrogens with one attached hydrogen (secondary N) is 1. The molecule has 0 spiro atoms. The molecule has 122 valence electrons. The van der Waals surface area contributed by atoms with Gasteiger partial charge in [-0.2, -0.15) is 0 Å². The van der Waals surface area contributed by atoms with Gasteiger partial charge in [0, 0.05) is 18.0 Å². The first kappa shape index (κ1) is 16.8. The molecule has 0 aromatic carbocycles. The Morgan fingerprint density at radius 1 is 1.23 bits per heavy atom. The normalized spacial score (nSPS) is 21.2. The summed E-state index contributed by atoms with van der Waals surface area (Å²) in [6.07, 6.45) is 4.23. The molecule has 1 aromatic rings. The maximum Gasteiger partial charge on any atom is 0.349 e. The van der Waals surface area contributed by atoms with E-state index in [4.69, 9.17) is 15.2 Å². The van der Waals surface area contributed by atoms with E-state index in [1.165, 1.54) is 25.6 Å². The number of hydrogen-bond acceptors (Lipinski definition) is 7.